The van der Waals surface area contributed by atoms with Crippen molar-refractivity contribution in [2.24, 2.45) is 0 Å². The van der Waals surface area contributed by atoms with Crippen molar-refractivity contribution in [3.05, 3.63) is 41.7 Å². The number of nitrogens with one attached hydrogen (secondary N) is 1. The van der Waals surface area contributed by atoms with Gasteiger partial charge in [0.2, 0.25) is 0 Å². The summed E-state index contributed by atoms with van der Waals surface area (Å²) in [4.78, 5) is 2.20. The van der Waals surface area contributed by atoms with Crippen LogP contribution in [0.5, 0.6) is 5.75 Å². The summed E-state index contributed by atoms with van der Waals surface area (Å²) < 4.78 is 13.5. The van der Waals surface area contributed by atoms with Crippen molar-refractivity contribution >= 4 is 0 Å². The zero-order chi connectivity index (χ0) is 13.1. The molecule has 2 rings (SSSR count). The smallest absolute Gasteiger partial charge is 0.165 e. The Morgan fingerprint density at radius 3 is 2.72 bits per heavy atom. The molecule has 98 valence electrons. The van der Waals surface area contributed by atoms with Gasteiger partial charge in [-0.05, 0) is 18.6 Å². The maximum atomic E-state index is 13.5. The third-order valence-electron chi connectivity index (χ3n) is 3.45. The van der Waals surface area contributed by atoms with Gasteiger partial charge in [0.05, 0.1) is 6.04 Å². The van der Waals surface area contributed by atoms with Gasteiger partial charge in [-0.3, -0.25) is 4.90 Å². The summed E-state index contributed by atoms with van der Waals surface area (Å²) in [6, 6.07) is 2.86. The standard InChI is InChI=1S/C14H19FN2O/c1-3-12(17-8-6-16-7-9-17)13-10(2)4-5-11(15)14(13)18/h3-5,12,16,18H,1,6-9H2,2H3/t12-/m1/s1. The summed E-state index contributed by atoms with van der Waals surface area (Å²) in [5.74, 6) is -0.823. The molecule has 18 heavy (non-hydrogen) atoms. The lowest BCUT2D eigenvalue weighted by atomic mass is 9.98. The minimum Gasteiger partial charge on any atom is -0.505 e. The number of nitrogens with zero attached hydrogens (tertiary/aromatic N) is 1. The van der Waals surface area contributed by atoms with Crippen LogP contribution >= 0.6 is 0 Å². The highest BCUT2D eigenvalue weighted by molar-refractivity contribution is 5.43. The third kappa shape index (κ3) is 2.40. The Kier molecular flexibility index (Phi) is 3.99. The largest absolute Gasteiger partial charge is 0.505 e. The normalized spacial score (nSPS) is 18.6. The van der Waals surface area contributed by atoms with Crippen molar-refractivity contribution in [1.29, 1.82) is 0 Å². The second-order valence-electron chi connectivity index (χ2n) is 4.59. The lowest BCUT2D eigenvalue weighted by Crippen LogP contribution is -2.44. The molecular formula is C14H19FN2O. The Morgan fingerprint density at radius 2 is 2.11 bits per heavy atom. The van der Waals surface area contributed by atoms with Gasteiger partial charge >= 0.3 is 0 Å². The molecule has 3 nitrogen and oxygen atoms in total. The molecule has 1 saturated heterocycles. The van der Waals surface area contributed by atoms with E-state index in [2.05, 4.69) is 16.8 Å². The first-order valence-corrected chi connectivity index (χ1v) is 6.20. The minimum atomic E-state index is -0.572. The number of hydrogen-bond acceptors (Lipinski definition) is 3. The molecule has 1 aromatic rings. The Labute approximate surface area is 107 Å². The Bertz CT molecular complexity index is 442. The quantitative estimate of drug-likeness (QED) is 0.805. The topological polar surface area (TPSA) is 35.5 Å². The lowest BCUT2D eigenvalue weighted by Gasteiger charge is -2.34. The molecule has 0 saturated carbocycles. The van der Waals surface area contributed by atoms with Gasteiger partial charge in [-0.2, -0.15) is 0 Å². The highest BCUT2D eigenvalue weighted by Gasteiger charge is 2.24. The second kappa shape index (κ2) is 5.50. The highest BCUT2D eigenvalue weighted by Crippen LogP contribution is 2.34. The molecule has 1 aliphatic rings. The molecule has 1 heterocycles. The van der Waals surface area contributed by atoms with Crippen LogP contribution in [-0.2, 0) is 0 Å². The Morgan fingerprint density at radius 1 is 1.44 bits per heavy atom. The van der Waals surface area contributed by atoms with Gasteiger partial charge in [0, 0.05) is 31.7 Å². The van der Waals surface area contributed by atoms with Gasteiger partial charge < -0.3 is 10.4 Å². The molecule has 0 unspecified atom stereocenters. The van der Waals surface area contributed by atoms with E-state index in [1.807, 2.05) is 6.92 Å². The molecule has 1 aliphatic heterocycles. The zero-order valence-electron chi connectivity index (χ0n) is 10.6. The Balaban J connectivity index is 2.37. The zero-order valence-corrected chi connectivity index (χ0v) is 10.6. The van der Waals surface area contributed by atoms with Crippen molar-refractivity contribution in [3.63, 3.8) is 0 Å². The number of benzene rings is 1. The summed E-state index contributed by atoms with van der Waals surface area (Å²) in [6.07, 6.45) is 1.77. The summed E-state index contributed by atoms with van der Waals surface area (Å²) in [6.45, 7) is 9.25. The van der Waals surface area contributed by atoms with Gasteiger partial charge in [0.25, 0.3) is 0 Å². The number of aryl methyl sites for hydroxylation is 1. The van der Waals surface area contributed by atoms with Gasteiger partial charge in [-0.1, -0.05) is 12.1 Å². The van der Waals surface area contributed by atoms with Crippen LogP contribution in [-0.4, -0.2) is 36.2 Å². The summed E-state index contributed by atoms with van der Waals surface area (Å²) in [7, 11) is 0. The van der Waals surface area contributed by atoms with Crippen LogP contribution in [0.1, 0.15) is 17.2 Å². The Hall–Kier alpha value is -1.39. The molecule has 1 aromatic carbocycles. The monoisotopic (exact) mass is 250 g/mol. The number of halogens is 1. The van der Waals surface area contributed by atoms with Gasteiger partial charge in [0.15, 0.2) is 11.6 Å². The molecule has 0 bridgehead atoms. The summed E-state index contributed by atoms with van der Waals surface area (Å²) >= 11 is 0. The van der Waals surface area contributed by atoms with Gasteiger partial charge in [-0.25, -0.2) is 4.39 Å². The van der Waals surface area contributed by atoms with E-state index in [1.54, 1.807) is 12.1 Å². The van der Waals surface area contributed by atoms with E-state index in [9.17, 15) is 9.50 Å². The molecule has 4 heteroatoms. The molecule has 1 fully saturated rings. The van der Waals surface area contributed by atoms with Crippen LogP contribution in [0.3, 0.4) is 0 Å². The number of hydrogen-bond donors (Lipinski definition) is 2. The number of phenols is 1. The first-order chi connectivity index (χ1) is 8.65. The molecule has 0 aliphatic carbocycles. The predicted octanol–water partition coefficient (Wildman–Crippen LogP) is 1.97. The van der Waals surface area contributed by atoms with Crippen molar-refractivity contribution in [2.45, 2.75) is 13.0 Å². The van der Waals surface area contributed by atoms with Crippen molar-refractivity contribution in [1.82, 2.24) is 10.2 Å². The van der Waals surface area contributed by atoms with Gasteiger partial charge in [0.1, 0.15) is 0 Å². The minimum absolute atomic E-state index is 0.136. The molecule has 0 spiro atoms. The van der Waals surface area contributed by atoms with E-state index in [-0.39, 0.29) is 11.8 Å². The number of piperazine rings is 1. The fourth-order valence-electron chi connectivity index (χ4n) is 2.47. The molecule has 0 aromatic heterocycles. The first-order valence-electron chi connectivity index (χ1n) is 6.20. The average molecular weight is 250 g/mol. The van der Waals surface area contributed by atoms with E-state index in [1.165, 1.54) is 6.07 Å². The fourth-order valence-corrected chi connectivity index (χ4v) is 2.47. The van der Waals surface area contributed by atoms with Crippen LogP contribution in [0.25, 0.3) is 0 Å². The maximum absolute atomic E-state index is 13.5. The van der Waals surface area contributed by atoms with Crippen LogP contribution in [0.15, 0.2) is 24.8 Å². The molecule has 1 atom stereocenters. The fraction of sp³-hybridized carbons (Fsp3) is 0.429. The SMILES string of the molecule is C=C[C@H](c1c(C)ccc(F)c1O)N1CCNCC1. The second-order valence-corrected chi connectivity index (χ2v) is 4.59. The average Bonchev–Trinajstić information content (AvgIpc) is 2.40. The van der Waals surface area contributed by atoms with Crippen LogP contribution in [0, 0.1) is 12.7 Å². The summed E-state index contributed by atoms with van der Waals surface area (Å²) in [5, 5.41) is 13.2. The molecule has 0 amide bonds. The predicted molar refractivity (Wildman–Crippen MR) is 70.2 cm³/mol. The van der Waals surface area contributed by atoms with Crippen molar-refractivity contribution in [2.75, 3.05) is 26.2 Å². The van der Waals surface area contributed by atoms with Crippen molar-refractivity contribution < 1.29 is 9.50 Å². The number of rotatable bonds is 3. The first kappa shape index (κ1) is 13.1. The lowest BCUT2D eigenvalue weighted by molar-refractivity contribution is 0.199. The van der Waals surface area contributed by atoms with E-state index >= 15 is 0 Å². The highest BCUT2D eigenvalue weighted by atomic mass is 19.1. The number of aromatic hydroxyl groups is 1. The number of phenolic OH excluding ortho intramolecular Hbond substituents is 1. The van der Waals surface area contributed by atoms with Crippen LogP contribution in [0.2, 0.25) is 0 Å². The molecule has 2 N–H and O–H groups in total. The van der Waals surface area contributed by atoms with E-state index < -0.39 is 5.82 Å². The summed E-state index contributed by atoms with van der Waals surface area (Å²) in [5.41, 5.74) is 1.52. The van der Waals surface area contributed by atoms with Gasteiger partial charge in [-0.15, -0.1) is 6.58 Å². The van der Waals surface area contributed by atoms with E-state index in [0.29, 0.717) is 5.56 Å². The van der Waals surface area contributed by atoms with Crippen LogP contribution in [0.4, 0.5) is 4.39 Å². The van der Waals surface area contributed by atoms with Crippen LogP contribution < -0.4 is 5.32 Å². The van der Waals surface area contributed by atoms with E-state index in [4.69, 9.17) is 0 Å². The molecular weight excluding hydrogens is 231 g/mol. The molecule has 0 radical (unpaired) electrons. The van der Waals surface area contributed by atoms with Crippen molar-refractivity contribution in [3.8, 4) is 5.75 Å². The maximum Gasteiger partial charge on any atom is 0.165 e. The third-order valence-corrected chi connectivity index (χ3v) is 3.45. The van der Waals surface area contributed by atoms with E-state index in [0.717, 1.165) is 31.7 Å².